The van der Waals surface area contributed by atoms with E-state index in [4.69, 9.17) is 5.11 Å². The Bertz CT molecular complexity index is 656. The van der Waals surface area contributed by atoms with Crippen LogP contribution in [-0.4, -0.2) is 34.0 Å². The Balaban J connectivity index is 1.58. The van der Waals surface area contributed by atoms with Gasteiger partial charge >= 0.3 is 5.97 Å². The third-order valence-electron chi connectivity index (χ3n) is 3.92. The van der Waals surface area contributed by atoms with Crippen LogP contribution in [0, 0.1) is 11.7 Å². The lowest BCUT2D eigenvalue weighted by Crippen LogP contribution is -2.35. The first-order chi connectivity index (χ1) is 10.6. The van der Waals surface area contributed by atoms with E-state index in [0.717, 1.165) is 42.9 Å². The van der Waals surface area contributed by atoms with E-state index in [1.165, 1.54) is 22.7 Å². The largest absolute Gasteiger partial charge is 0.476 e. The first kappa shape index (κ1) is 15.6. The average Bonchev–Trinajstić information content (AvgIpc) is 3.10. The van der Waals surface area contributed by atoms with Crippen molar-refractivity contribution in [1.82, 2.24) is 9.88 Å². The highest BCUT2D eigenvalue weighted by atomic mass is 32.1. The number of aromatic nitrogens is 1. The second-order valence-electron chi connectivity index (χ2n) is 5.62. The first-order valence-corrected chi connectivity index (χ1v) is 9.04. The minimum Gasteiger partial charge on any atom is -0.476 e. The number of piperidine rings is 1. The summed E-state index contributed by atoms with van der Waals surface area (Å²) < 4.78 is 13.5. The third-order valence-corrected chi connectivity index (χ3v) is 5.55. The van der Waals surface area contributed by atoms with Gasteiger partial charge in [0, 0.05) is 35.8 Å². The second-order valence-corrected chi connectivity index (χ2v) is 7.31. The molecule has 1 aliphatic rings. The maximum Gasteiger partial charge on any atom is 0.355 e. The van der Waals surface area contributed by atoms with E-state index >= 15 is 0 Å². The van der Waals surface area contributed by atoms with Crippen LogP contribution in [0.25, 0.3) is 0 Å². The molecule has 0 amide bonds. The van der Waals surface area contributed by atoms with E-state index in [-0.39, 0.29) is 11.5 Å². The van der Waals surface area contributed by atoms with Crippen molar-refractivity contribution in [2.45, 2.75) is 25.8 Å². The number of aromatic carboxylic acids is 1. The minimum absolute atomic E-state index is 0.113. The van der Waals surface area contributed by atoms with Crippen LogP contribution in [-0.2, 0) is 13.0 Å². The van der Waals surface area contributed by atoms with E-state index in [0.29, 0.717) is 12.5 Å². The van der Waals surface area contributed by atoms with Gasteiger partial charge in [0.25, 0.3) is 0 Å². The van der Waals surface area contributed by atoms with Crippen LogP contribution >= 0.6 is 22.7 Å². The Morgan fingerprint density at radius 3 is 3.00 bits per heavy atom. The molecule has 2 aromatic rings. The molecular weight excluding hydrogens is 323 g/mol. The molecule has 0 bridgehead atoms. The van der Waals surface area contributed by atoms with Gasteiger partial charge in [0.2, 0.25) is 0 Å². The maximum absolute atomic E-state index is 13.5. The molecule has 1 atom stereocenters. The summed E-state index contributed by atoms with van der Waals surface area (Å²) in [6.07, 6.45) is 3.01. The van der Waals surface area contributed by atoms with Gasteiger partial charge in [0.15, 0.2) is 5.69 Å². The number of hydrogen-bond acceptors (Lipinski definition) is 5. The quantitative estimate of drug-likeness (QED) is 0.905. The fourth-order valence-corrected chi connectivity index (χ4v) is 4.45. The van der Waals surface area contributed by atoms with Crippen LogP contribution in [0.2, 0.25) is 0 Å². The average molecular weight is 340 g/mol. The van der Waals surface area contributed by atoms with E-state index in [2.05, 4.69) is 9.88 Å². The fraction of sp³-hybridized carbons (Fsp3) is 0.467. The Kier molecular flexibility index (Phi) is 4.85. The molecule has 0 saturated carbocycles. The van der Waals surface area contributed by atoms with Gasteiger partial charge in [-0.1, -0.05) is 0 Å². The molecule has 1 aliphatic heterocycles. The SMILES string of the molecule is O=C(O)c1csc(CC2CCCN(Cc3cscc3F)C2)n1. The number of carbonyl (C=O) groups is 1. The lowest BCUT2D eigenvalue weighted by atomic mass is 9.95. The summed E-state index contributed by atoms with van der Waals surface area (Å²) in [7, 11) is 0. The Morgan fingerprint density at radius 1 is 1.45 bits per heavy atom. The van der Waals surface area contributed by atoms with Gasteiger partial charge in [0.05, 0.1) is 5.01 Å². The van der Waals surface area contributed by atoms with Crippen LogP contribution in [0.5, 0.6) is 0 Å². The molecule has 118 valence electrons. The number of hydrogen-bond donors (Lipinski definition) is 1. The number of thiophene rings is 1. The predicted molar refractivity (Wildman–Crippen MR) is 85.1 cm³/mol. The van der Waals surface area contributed by atoms with E-state index < -0.39 is 5.97 Å². The molecule has 1 N–H and O–H groups in total. The molecule has 3 heterocycles. The lowest BCUT2D eigenvalue weighted by molar-refractivity contribution is 0.0691. The number of rotatable bonds is 5. The molecule has 0 aliphatic carbocycles. The van der Waals surface area contributed by atoms with Gasteiger partial charge in [-0.3, -0.25) is 4.90 Å². The summed E-state index contributed by atoms with van der Waals surface area (Å²) in [5.41, 5.74) is 0.904. The van der Waals surface area contributed by atoms with Gasteiger partial charge in [-0.15, -0.1) is 22.7 Å². The standard InChI is InChI=1S/C15H17FN2O2S2/c16-12-8-21-7-11(12)6-18-3-1-2-10(5-18)4-14-17-13(9-22-14)15(19)20/h7-10H,1-6H2,(H,19,20). The summed E-state index contributed by atoms with van der Waals surface area (Å²) in [5, 5.41) is 14.8. The van der Waals surface area contributed by atoms with Crippen LogP contribution in [0.4, 0.5) is 4.39 Å². The van der Waals surface area contributed by atoms with E-state index in [9.17, 15) is 9.18 Å². The summed E-state index contributed by atoms with van der Waals surface area (Å²) in [6, 6.07) is 0. The Morgan fingerprint density at radius 2 is 2.32 bits per heavy atom. The zero-order valence-corrected chi connectivity index (χ0v) is 13.6. The zero-order chi connectivity index (χ0) is 15.5. The van der Waals surface area contributed by atoms with Crippen molar-refractivity contribution in [1.29, 1.82) is 0 Å². The lowest BCUT2D eigenvalue weighted by Gasteiger charge is -2.32. The number of likely N-dealkylation sites (tertiary alicyclic amines) is 1. The smallest absolute Gasteiger partial charge is 0.355 e. The minimum atomic E-state index is -0.972. The zero-order valence-electron chi connectivity index (χ0n) is 12.0. The highest BCUT2D eigenvalue weighted by Gasteiger charge is 2.22. The molecule has 0 spiro atoms. The molecular formula is C15H17FN2O2S2. The van der Waals surface area contributed by atoms with Crippen molar-refractivity contribution in [3.63, 3.8) is 0 Å². The van der Waals surface area contributed by atoms with Crippen molar-refractivity contribution in [3.05, 3.63) is 38.2 Å². The van der Waals surface area contributed by atoms with Gasteiger partial charge in [-0.2, -0.15) is 0 Å². The highest BCUT2D eigenvalue weighted by molar-refractivity contribution is 7.09. The fourth-order valence-electron chi connectivity index (χ4n) is 2.87. The predicted octanol–water partition coefficient (Wildman–Crippen LogP) is 3.50. The van der Waals surface area contributed by atoms with E-state index in [1.54, 1.807) is 10.8 Å². The molecule has 0 aromatic carbocycles. The topological polar surface area (TPSA) is 53.4 Å². The van der Waals surface area contributed by atoms with Gasteiger partial charge < -0.3 is 5.11 Å². The van der Waals surface area contributed by atoms with Crippen molar-refractivity contribution in [2.24, 2.45) is 5.92 Å². The number of thiazole rings is 1. The monoisotopic (exact) mass is 340 g/mol. The number of carboxylic acids is 1. The maximum atomic E-state index is 13.5. The molecule has 1 fully saturated rings. The van der Waals surface area contributed by atoms with Crippen molar-refractivity contribution >= 4 is 28.6 Å². The molecule has 22 heavy (non-hydrogen) atoms. The summed E-state index contributed by atoms with van der Waals surface area (Å²) in [5.74, 6) is -0.623. The molecule has 0 radical (unpaired) electrons. The number of nitrogens with zero attached hydrogens (tertiary/aromatic N) is 2. The molecule has 1 unspecified atom stereocenters. The third kappa shape index (κ3) is 3.71. The van der Waals surface area contributed by atoms with Crippen LogP contribution in [0.15, 0.2) is 16.1 Å². The van der Waals surface area contributed by atoms with Gasteiger partial charge in [-0.05, 0) is 30.7 Å². The first-order valence-electron chi connectivity index (χ1n) is 7.22. The van der Waals surface area contributed by atoms with Gasteiger partial charge in [0.1, 0.15) is 5.82 Å². The number of halogens is 1. The van der Waals surface area contributed by atoms with Crippen molar-refractivity contribution in [2.75, 3.05) is 13.1 Å². The molecule has 1 saturated heterocycles. The van der Waals surface area contributed by atoms with Crippen LogP contribution < -0.4 is 0 Å². The summed E-state index contributed by atoms with van der Waals surface area (Å²) in [6.45, 7) is 2.56. The number of carboxylic acid groups (broad SMARTS) is 1. The van der Waals surface area contributed by atoms with Crippen molar-refractivity contribution < 1.29 is 14.3 Å². The summed E-state index contributed by atoms with van der Waals surface area (Å²) >= 11 is 2.81. The Hall–Kier alpha value is -1.31. The highest BCUT2D eigenvalue weighted by Crippen LogP contribution is 2.25. The van der Waals surface area contributed by atoms with Crippen LogP contribution in [0.1, 0.15) is 33.9 Å². The molecule has 7 heteroatoms. The normalized spacial score (nSPS) is 19.4. The Labute approximate surface area is 136 Å². The van der Waals surface area contributed by atoms with Crippen molar-refractivity contribution in [3.8, 4) is 0 Å². The molecule has 2 aromatic heterocycles. The summed E-state index contributed by atoms with van der Waals surface area (Å²) in [4.78, 5) is 17.3. The molecule has 4 nitrogen and oxygen atoms in total. The van der Waals surface area contributed by atoms with Crippen LogP contribution in [0.3, 0.4) is 0 Å². The van der Waals surface area contributed by atoms with E-state index in [1.807, 2.05) is 5.38 Å². The van der Waals surface area contributed by atoms with Gasteiger partial charge in [-0.25, -0.2) is 14.2 Å². The second kappa shape index (κ2) is 6.85. The molecule has 3 rings (SSSR count).